The van der Waals surface area contributed by atoms with Crippen molar-refractivity contribution in [2.24, 2.45) is 0 Å². The number of thioether (sulfide) groups is 1. The minimum Gasteiger partial charge on any atom is -0.309 e. The van der Waals surface area contributed by atoms with Crippen molar-refractivity contribution in [1.29, 1.82) is 0 Å². The molecule has 0 amide bonds. The van der Waals surface area contributed by atoms with E-state index in [1.807, 2.05) is 25.3 Å². The molecule has 112 valence electrons. The van der Waals surface area contributed by atoms with Gasteiger partial charge in [0.2, 0.25) is 10.0 Å². The zero-order chi connectivity index (χ0) is 14.8. The molecule has 1 aliphatic rings. The van der Waals surface area contributed by atoms with Crippen LogP contribution < -0.4 is 5.32 Å². The maximum atomic E-state index is 12.7. The number of sulfonamides is 1. The van der Waals surface area contributed by atoms with E-state index in [0.717, 1.165) is 30.8 Å². The second-order valence-corrected chi connectivity index (χ2v) is 7.98. The molecule has 1 heterocycles. The van der Waals surface area contributed by atoms with Gasteiger partial charge in [0, 0.05) is 31.9 Å². The van der Waals surface area contributed by atoms with Crippen LogP contribution in [0.15, 0.2) is 23.1 Å². The Hall–Kier alpha value is -0.560. The van der Waals surface area contributed by atoms with Crippen LogP contribution in [0.1, 0.15) is 24.5 Å². The van der Waals surface area contributed by atoms with Gasteiger partial charge in [-0.15, -0.1) is 0 Å². The molecule has 1 N–H and O–H groups in total. The van der Waals surface area contributed by atoms with Crippen molar-refractivity contribution in [2.75, 3.05) is 19.1 Å². The maximum absolute atomic E-state index is 12.7. The van der Waals surface area contributed by atoms with E-state index in [4.69, 9.17) is 0 Å². The van der Waals surface area contributed by atoms with Crippen LogP contribution in [0.4, 0.5) is 0 Å². The van der Waals surface area contributed by atoms with Crippen LogP contribution in [-0.4, -0.2) is 37.8 Å². The normalized spacial score (nSPS) is 16.4. The first-order chi connectivity index (χ1) is 9.50. The van der Waals surface area contributed by atoms with Crippen molar-refractivity contribution < 1.29 is 8.42 Å². The van der Waals surface area contributed by atoms with Gasteiger partial charge in [0.15, 0.2) is 0 Å². The monoisotopic (exact) mass is 314 g/mol. The number of benzene rings is 1. The second-order valence-electron chi connectivity index (χ2n) is 5.07. The van der Waals surface area contributed by atoms with Crippen LogP contribution in [0.25, 0.3) is 0 Å². The molecule has 1 aromatic carbocycles. The van der Waals surface area contributed by atoms with Gasteiger partial charge >= 0.3 is 0 Å². The first kappa shape index (κ1) is 15.8. The Kier molecular flexibility index (Phi) is 5.12. The average molecular weight is 314 g/mol. The molecule has 0 radical (unpaired) electrons. The van der Waals surface area contributed by atoms with Crippen LogP contribution in [0, 0.1) is 0 Å². The van der Waals surface area contributed by atoms with Crippen molar-refractivity contribution >= 4 is 21.8 Å². The summed E-state index contributed by atoms with van der Waals surface area (Å²) in [6, 6.07) is 5.50. The summed E-state index contributed by atoms with van der Waals surface area (Å²) in [6.07, 6.45) is 2.83. The summed E-state index contributed by atoms with van der Waals surface area (Å²) in [5, 5.41) is 3.24. The molecule has 1 atom stereocenters. The standard InChI is InChI=1S/C14H22N2O2S2/c1-4-13(10-19-3)16(2)20(17,18)14-6-5-11-8-15-9-12(11)7-14/h5-7,13,15H,4,8-10H2,1-3H3. The van der Waals surface area contributed by atoms with Gasteiger partial charge in [-0.05, 0) is 35.9 Å². The van der Waals surface area contributed by atoms with Crippen LogP contribution >= 0.6 is 11.8 Å². The van der Waals surface area contributed by atoms with Gasteiger partial charge in [-0.25, -0.2) is 8.42 Å². The number of nitrogens with one attached hydrogen (secondary N) is 1. The van der Waals surface area contributed by atoms with Gasteiger partial charge in [-0.2, -0.15) is 16.1 Å². The summed E-state index contributed by atoms with van der Waals surface area (Å²) in [7, 11) is -1.72. The van der Waals surface area contributed by atoms with E-state index in [-0.39, 0.29) is 6.04 Å². The highest BCUT2D eigenvalue weighted by atomic mass is 32.2. The third-order valence-corrected chi connectivity index (χ3v) is 6.45. The Bertz CT molecular complexity index is 573. The summed E-state index contributed by atoms with van der Waals surface area (Å²) in [6.45, 7) is 3.61. The summed E-state index contributed by atoms with van der Waals surface area (Å²) < 4.78 is 26.9. The van der Waals surface area contributed by atoms with Crippen molar-refractivity contribution in [3.8, 4) is 0 Å². The highest BCUT2D eigenvalue weighted by Crippen LogP contribution is 2.24. The fourth-order valence-electron chi connectivity index (χ4n) is 2.47. The lowest BCUT2D eigenvalue weighted by Crippen LogP contribution is -2.38. The van der Waals surface area contributed by atoms with Gasteiger partial charge < -0.3 is 5.32 Å². The van der Waals surface area contributed by atoms with E-state index < -0.39 is 10.0 Å². The lowest BCUT2D eigenvalue weighted by molar-refractivity contribution is 0.385. The molecule has 1 unspecified atom stereocenters. The molecule has 0 bridgehead atoms. The van der Waals surface area contributed by atoms with Crippen molar-refractivity contribution in [3.63, 3.8) is 0 Å². The van der Waals surface area contributed by atoms with Crippen LogP contribution in [0.2, 0.25) is 0 Å². The second kappa shape index (κ2) is 6.47. The first-order valence-corrected chi connectivity index (χ1v) is 9.63. The van der Waals surface area contributed by atoms with E-state index in [0.29, 0.717) is 4.90 Å². The molecule has 20 heavy (non-hydrogen) atoms. The molecule has 1 aromatic rings. The average Bonchev–Trinajstić information content (AvgIpc) is 2.91. The minimum atomic E-state index is -3.40. The summed E-state index contributed by atoms with van der Waals surface area (Å²) >= 11 is 1.68. The predicted molar refractivity (Wildman–Crippen MR) is 84.4 cm³/mol. The van der Waals surface area contributed by atoms with Crippen LogP contribution in [0.5, 0.6) is 0 Å². The Morgan fingerprint density at radius 1 is 1.35 bits per heavy atom. The highest BCUT2D eigenvalue weighted by molar-refractivity contribution is 7.98. The van der Waals surface area contributed by atoms with Gasteiger partial charge in [0.1, 0.15) is 0 Å². The SMILES string of the molecule is CCC(CSC)N(C)S(=O)(=O)c1ccc2c(c1)CNC2. The lowest BCUT2D eigenvalue weighted by atomic mass is 10.1. The van der Waals surface area contributed by atoms with Crippen molar-refractivity contribution in [1.82, 2.24) is 9.62 Å². The number of rotatable bonds is 6. The predicted octanol–water partition coefficient (Wildman–Crippen LogP) is 2.05. The van der Waals surface area contributed by atoms with Gasteiger partial charge in [-0.1, -0.05) is 13.0 Å². The van der Waals surface area contributed by atoms with Crippen LogP contribution in [-0.2, 0) is 23.1 Å². The summed E-state index contributed by atoms with van der Waals surface area (Å²) in [4.78, 5) is 0.405. The zero-order valence-electron chi connectivity index (χ0n) is 12.2. The summed E-state index contributed by atoms with van der Waals surface area (Å²) in [5.74, 6) is 0.818. The number of hydrogen-bond acceptors (Lipinski definition) is 4. The Morgan fingerprint density at radius 2 is 2.05 bits per heavy atom. The molecule has 0 aliphatic carbocycles. The molecule has 6 heteroatoms. The molecule has 2 rings (SSSR count). The molecular formula is C14H22N2O2S2. The largest absolute Gasteiger partial charge is 0.309 e. The number of nitrogens with zero attached hydrogens (tertiary/aromatic N) is 1. The minimum absolute atomic E-state index is 0.0429. The molecule has 1 aliphatic heterocycles. The zero-order valence-corrected chi connectivity index (χ0v) is 13.9. The molecule has 0 saturated heterocycles. The van der Waals surface area contributed by atoms with Gasteiger partial charge in [0.25, 0.3) is 0 Å². The Morgan fingerprint density at radius 3 is 2.70 bits per heavy atom. The molecule has 0 spiro atoms. The Balaban J connectivity index is 2.29. The lowest BCUT2D eigenvalue weighted by Gasteiger charge is -2.26. The molecule has 0 aromatic heterocycles. The smallest absolute Gasteiger partial charge is 0.243 e. The van der Waals surface area contributed by atoms with E-state index in [1.54, 1.807) is 24.9 Å². The van der Waals surface area contributed by atoms with E-state index in [2.05, 4.69) is 5.32 Å². The first-order valence-electron chi connectivity index (χ1n) is 6.80. The highest BCUT2D eigenvalue weighted by Gasteiger charge is 2.27. The third-order valence-electron chi connectivity index (χ3n) is 3.83. The van der Waals surface area contributed by atoms with Gasteiger partial charge in [0.05, 0.1) is 4.90 Å². The quantitative estimate of drug-likeness (QED) is 0.873. The number of hydrogen-bond donors (Lipinski definition) is 1. The molecular weight excluding hydrogens is 292 g/mol. The third kappa shape index (κ3) is 3.03. The maximum Gasteiger partial charge on any atom is 0.243 e. The molecule has 4 nitrogen and oxygen atoms in total. The van der Waals surface area contributed by atoms with E-state index in [1.165, 1.54) is 9.87 Å². The van der Waals surface area contributed by atoms with Crippen LogP contribution in [0.3, 0.4) is 0 Å². The topological polar surface area (TPSA) is 49.4 Å². The fourth-order valence-corrected chi connectivity index (χ4v) is 4.88. The molecule has 0 fully saturated rings. The van der Waals surface area contributed by atoms with Crippen molar-refractivity contribution in [3.05, 3.63) is 29.3 Å². The van der Waals surface area contributed by atoms with E-state index >= 15 is 0 Å². The molecule has 0 saturated carbocycles. The van der Waals surface area contributed by atoms with E-state index in [9.17, 15) is 8.42 Å². The summed E-state index contributed by atoms with van der Waals surface area (Å²) in [5.41, 5.74) is 2.29. The van der Waals surface area contributed by atoms with Crippen molar-refractivity contribution in [2.45, 2.75) is 37.4 Å². The Labute approximate surface area is 126 Å². The van der Waals surface area contributed by atoms with Gasteiger partial charge in [-0.3, -0.25) is 0 Å². The fraction of sp³-hybridized carbons (Fsp3) is 0.571. The number of fused-ring (bicyclic) bond motifs is 1.